The Labute approximate surface area is 166 Å². The number of piperazine rings is 1. The minimum absolute atomic E-state index is 0.0437. The molecule has 2 atom stereocenters. The highest BCUT2D eigenvalue weighted by molar-refractivity contribution is 5.91. The van der Waals surface area contributed by atoms with Gasteiger partial charge in [-0.25, -0.2) is 14.8 Å². The van der Waals surface area contributed by atoms with Gasteiger partial charge in [0.1, 0.15) is 23.4 Å². The number of nitrogens with zero attached hydrogens (tertiary/aromatic N) is 4. The number of carbonyl (C=O) groups excluding carboxylic acids is 1. The van der Waals surface area contributed by atoms with Crippen molar-refractivity contribution < 1.29 is 9.53 Å². The van der Waals surface area contributed by atoms with Crippen molar-refractivity contribution in [2.45, 2.75) is 77.5 Å². The molecule has 0 bridgehead atoms. The van der Waals surface area contributed by atoms with E-state index in [0.717, 1.165) is 23.4 Å². The van der Waals surface area contributed by atoms with Gasteiger partial charge in [0, 0.05) is 31.4 Å². The van der Waals surface area contributed by atoms with Crippen LogP contribution in [0.1, 0.15) is 65.4 Å². The van der Waals surface area contributed by atoms with Crippen LogP contribution in [0.25, 0.3) is 11.0 Å². The number of nitrogens with one attached hydrogen (secondary N) is 1. The zero-order valence-corrected chi connectivity index (χ0v) is 17.5. The summed E-state index contributed by atoms with van der Waals surface area (Å²) in [7, 11) is 0. The van der Waals surface area contributed by atoms with Gasteiger partial charge in [-0.2, -0.15) is 0 Å². The summed E-state index contributed by atoms with van der Waals surface area (Å²) in [4.78, 5) is 29.3. The number of hydrogen-bond donors (Lipinski definition) is 1. The fourth-order valence-electron chi connectivity index (χ4n) is 4.23. The quantitative estimate of drug-likeness (QED) is 0.844. The first-order valence-electron chi connectivity index (χ1n) is 10.3. The average Bonchev–Trinajstić information content (AvgIpc) is 2.97. The van der Waals surface area contributed by atoms with Gasteiger partial charge in [-0.1, -0.05) is 6.42 Å². The summed E-state index contributed by atoms with van der Waals surface area (Å²) in [5.41, 5.74) is 1.76. The van der Waals surface area contributed by atoms with Crippen molar-refractivity contribution in [2.24, 2.45) is 0 Å². The molecular weight excluding hydrogens is 354 g/mol. The Morgan fingerprint density at radius 2 is 1.93 bits per heavy atom. The summed E-state index contributed by atoms with van der Waals surface area (Å²) in [5.74, 6) is 1.59. The largest absolute Gasteiger partial charge is 0.444 e. The smallest absolute Gasteiger partial charge is 0.410 e. The predicted molar refractivity (Wildman–Crippen MR) is 110 cm³/mol. The summed E-state index contributed by atoms with van der Waals surface area (Å²) >= 11 is 0. The van der Waals surface area contributed by atoms with Crippen molar-refractivity contribution in [1.82, 2.24) is 19.9 Å². The molecule has 152 valence electrons. The molecule has 1 aliphatic carbocycles. The third-order valence-corrected chi connectivity index (χ3v) is 5.91. The molecule has 2 fully saturated rings. The fraction of sp³-hybridized carbons (Fsp3) is 0.667. The highest BCUT2D eigenvalue weighted by Crippen LogP contribution is 2.42. The van der Waals surface area contributed by atoms with E-state index in [-0.39, 0.29) is 18.2 Å². The normalized spacial score (nSPS) is 23.8. The maximum atomic E-state index is 12.6. The van der Waals surface area contributed by atoms with Crippen LogP contribution in [0.2, 0.25) is 0 Å². The van der Waals surface area contributed by atoms with E-state index >= 15 is 0 Å². The molecule has 0 aromatic carbocycles. The van der Waals surface area contributed by atoms with Crippen LogP contribution in [-0.2, 0) is 4.74 Å². The summed E-state index contributed by atoms with van der Waals surface area (Å²) in [5, 5.41) is 1.15. The maximum Gasteiger partial charge on any atom is 0.410 e. The summed E-state index contributed by atoms with van der Waals surface area (Å²) in [6.07, 6.45) is 7.27. The van der Waals surface area contributed by atoms with Gasteiger partial charge >= 0.3 is 6.09 Å². The molecule has 1 amide bonds. The lowest BCUT2D eigenvalue weighted by Crippen LogP contribution is -2.59. The van der Waals surface area contributed by atoms with Gasteiger partial charge in [0.05, 0.1) is 5.39 Å². The van der Waals surface area contributed by atoms with Crippen LogP contribution < -0.4 is 4.90 Å². The molecule has 4 rings (SSSR count). The van der Waals surface area contributed by atoms with E-state index in [9.17, 15) is 4.79 Å². The monoisotopic (exact) mass is 385 g/mol. The van der Waals surface area contributed by atoms with E-state index in [2.05, 4.69) is 39.9 Å². The van der Waals surface area contributed by atoms with Crippen LogP contribution in [-0.4, -0.2) is 56.7 Å². The number of ether oxygens (including phenoxy) is 1. The molecule has 2 aromatic rings. The second-order valence-electron chi connectivity index (χ2n) is 9.28. The number of carbonyl (C=O) groups is 1. The second-order valence-corrected chi connectivity index (χ2v) is 9.28. The molecule has 28 heavy (non-hydrogen) atoms. The van der Waals surface area contributed by atoms with Crippen molar-refractivity contribution >= 4 is 22.9 Å². The molecule has 7 nitrogen and oxygen atoms in total. The molecule has 2 aliphatic rings. The molecule has 0 radical (unpaired) electrons. The number of aromatic nitrogens is 3. The van der Waals surface area contributed by atoms with Crippen molar-refractivity contribution in [1.29, 1.82) is 0 Å². The van der Waals surface area contributed by atoms with Crippen LogP contribution in [0, 0.1) is 0 Å². The Kier molecular flexibility index (Phi) is 4.71. The van der Waals surface area contributed by atoms with Crippen molar-refractivity contribution in [2.75, 3.05) is 18.0 Å². The molecular formula is C21H31N5O2. The van der Waals surface area contributed by atoms with E-state index < -0.39 is 5.60 Å². The van der Waals surface area contributed by atoms with Gasteiger partial charge in [-0.05, 0) is 58.9 Å². The maximum absolute atomic E-state index is 12.6. The molecule has 3 heterocycles. The molecule has 2 unspecified atom stereocenters. The van der Waals surface area contributed by atoms with Gasteiger partial charge in [-0.3, -0.25) is 0 Å². The molecule has 1 saturated carbocycles. The number of rotatable bonds is 2. The van der Waals surface area contributed by atoms with Gasteiger partial charge in [0.25, 0.3) is 0 Å². The first-order valence-corrected chi connectivity index (χ1v) is 10.3. The number of amides is 1. The lowest BCUT2D eigenvalue weighted by molar-refractivity contribution is 0.0130. The molecule has 1 aliphatic heterocycles. The zero-order chi connectivity index (χ0) is 20.1. The Morgan fingerprint density at radius 1 is 1.18 bits per heavy atom. The van der Waals surface area contributed by atoms with Crippen LogP contribution in [0.3, 0.4) is 0 Å². The van der Waals surface area contributed by atoms with Gasteiger partial charge in [0.2, 0.25) is 0 Å². The van der Waals surface area contributed by atoms with Gasteiger partial charge in [0.15, 0.2) is 0 Å². The summed E-state index contributed by atoms with van der Waals surface area (Å²) < 4.78 is 5.61. The van der Waals surface area contributed by atoms with Crippen LogP contribution in [0.4, 0.5) is 10.6 Å². The van der Waals surface area contributed by atoms with Crippen LogP contribution >= 0.6 is 0 Å². The third-order valence-electron chi connectivity index (χ3n) is 5.91. The highest BCUT2D eigenvalue weighted by Gasteiger charge is 2.36. The van der Waals surface area contributed by atoms with E-state index in [1.165, 1.54) is 24.8 Å². The first-order chi connectivity index (χ1) is 13.2. The van der Waals surface area contributed by atoms with Gasteiger partial charge < -0.3 is 19.5 Å². The Balaban J connectivity index is 1.61. The number of aromatic amines is 1. The van der Waals surface area contributed by atoms with Crippen LogP contribution in [0.15, 0.2) is 12.5 Å². The summed E-state index contributed by atoms with van der Waals surface area (Å²) in [6, 6.07) is 0.188. The van der Waals surface area contributed by atoms with Gasteiger partial charge in [-0.15, -0.1) is 0 Å². The number of H-pyrrole nitrogens is 1. The third kappa shape index (κ3) is 3.42. The minimum Gasteiger partial charge on any atom is -0.444 e. The Morgan fingerprint density at radius 3 is 2.57 bits per heavy atom. The van der Waals surface area contributed by atoms with E-state index in [4.69, 9.17) is 4.74 Å². The van der Waals surface area contributed by atoms with E-state index in [0.29, 0.717) is 12.5 Å². The average molecular weight is 386 g/mol. The predicted octanol–water partition coefficient (Wildman–Crippen LogP) is 4.06. The molecule has 1 N–H and O–H groups in total. The number of hydrogen-bond acceptors (Lipinski definition) is 5. The molecule has 7 heteroatoms. The molecule has 2 aromatic heterocycles. The van der Waals surface area contributed by atoms with Crippen molar-refractivity contribution in [3.63, 3.8) is 0 Å². The second kappa shape index (κ2) is 6.94. The van der Waals surface area contributed by atoms with E-state index in [1.807, 2.05) is 25.7 Å². The lowest BCUT2D eigenvalue weighted by Gasteiger charge is -2.45. The first kappa shape index (κ1) is 19.0. The molecule has 1 saturated heterocycles. The summed E-state index contributed by atoms with van der Waals surface area (Å²) in [6.45, 7) is 11.3. The van der Waals surface area contributed by atoms with Crippen molar-refractivity contribution in [3.8, 4) is 0 Å². The standard InChI is InChI=1S/C21H31N5O2/c1-13-11-26(20(27)28-21(3,4)5)14(2)10-25(13)19-17-16(15-7-6-8-15)9-22-18(17)23-12-24-19/h9,12-15H,6-8,10-11H2,1-5H3,(H,22,23,24). The SMILES string of the molecule is CC1CN(c2ncnc3[nH]cc(C4CCC4)c23)C(C)CN1C(=O)OC(C)(C)C. The Bertz CT molecular complexity index is 867. The number of fused-ring (bicyclic) bond motifs is 1. The number of anilines is 1. The Hall–Kier alpha value is -2.31. The highest BCUT2D eigenvalue weighted by atomic mass is 16.6. The van der Waals surface area contributed by atoms with Crippen molar-refractivity contribution in [3.05, 3.63) is 18.1 Å². The minimum atomic E-state index is -0.487. The zero-order valence-electron chi connectivity index (χ0n) is 17.5. The van der Waals surface area contributed by atoms with E-state index in [1.54, 1.807) is 6.33 Å². The fourth-order valence-corrected chi connectivity index (χ4v) is 4.23. The molecule has 0 spiro atoms. The lowest BCUT2D eigenvalue weighted by atomic mass is 9.80. The topological polar surface area (TPSA) is 74.4 Å². The van der Waals surface area contributed by atoms with Crippen LogP contribution in [0.5, 0.6) is 0 Å².